The molecule has 0 bridgehead atoms. The Bertz CT molecular complexity index is 330. The fourth-order valence-electron chi connectivity index (χ4n) is 2.04. The molecule has 0 spiro atoms. The summed E-state index contributed by atoms with van der Waals surface area (Å²) in [7, 11) is 0. The van der Waals surface area contributed by atoms with Crippen molar-refractivity contribution in [2.24, 2.45) is 5.73 Å². The average molecular weight is 240 g/mol. The molecule has 4 heteroatoms. The average Bonchev–Trinajstić information content (AvgIpc) is 2.50. The molecule has 1 aliphatic rings. The van der Waals surface area contributed by atoms with Crippen LogP contribution in [0.15, 0.2) is 10.5 Å². The minimum Gasteiger partial charge on any atom is -0.465 e. The number of hydrogen-bond acceptors (Lipinski definition) is 4. The second kappa shape index (κ2) is 5.75. The van der Waals surface area contributed by atoms with Crippen LogP contribution >= 0.6 is 11.8 Å². The van der Waals surface area contributed by atoms with E-state index < -0.39 is 0 Å². The van der Waals surface area contributed by atoms with Gasteiger partial charge in [0, 0.05) is 24.4 Å². The number of rotatable bonds is 3. The summed E-state index contributed by atoms with van der Waals surface area (Å²) >= 11 is 2.05. The molecule has 0 unspecified atom stereocenters. The summed E-state index contributed by atoms with van der Waals surface area (Å²) in [5.74, 6) is 4.57. The smallest absolute Gasteiger partial charge is 0.118 e. The van der Waals surface area contributed by atoms with Gasteiger partial charge >= 0.3 is 0 Å². The predicted molar refractivity (Wildman–Crippen MR) is 68.6 cm³/mol. The molecular formula is C12H20N2OS. The van der Waals surface area contributed by atoms with Crippen molar-refractivity contribution >= 4 is 11.8 Å². The van der Waals surface area contributed by atoms with Crippen molar-refractivity contribution < 1.29 is 4.42 Å². The van der Waals surface area contributed by atoms with E-state index in [0.29, 0.717) is 6.54 Å². The summed E-state index contributed by atoms with van der Waals surface area (Å²) in [6.07, 6.45) is 1.29. The van der Waals surface area contributed by atoms with Gasteiger partial charge in [-0.2, -0.15) is 11.8 Å². The van der Waals surface area contributed by atoms with Crippen LogP contribution in [0.2, 0.25) is 0 Å². The van der Waals surface area contributed by atoms with Gasteiger partial charge in [0.15, 0.2) is 0 Å². The molecule has 2 heterocycles. The minimum atomic E-state index is 0.575. The first-order valence-corrected chi connectivity index (χ1v) is 7.03. The molecule has 3 nitrogen and oxygen atoms in total. The van der Waals surface area contributed by atoms with Crippen molar-refractivity contribution in [2.45, 2.75) is 26.4 Å². The standard InChI is InChI=1S/C12H20N2OS/c1-10-11(8-13)7-12(15-10)9-14-3-2-5-16-6-4-14/h7H,2-6,8-9,13H2,1H3. The molecule has 0 atom stereocenters. The monoisotopic (exact) mass is 240 g/mol. The fraction of sp³-hybridized carbons (Fsp3) is 0.667. The minimum absolute atomic E-state index is 0.575. The Morgan fingerprint density at radius 1 is 1.44 bits per heavy atom. The first-order valence-electron chi connectivity index (χ1n) is 5.88. The maximum absolute atomic E-state index is 5.72. The Morgan fingerprint density at radius 2 is 2.31 bits per heavy atom. The summed E-state index contributed by atoms with van der Waals surface area (Å²) in [6, 6.07) is 2.10. The number of nitrogens with zero attached hydrogens (tertiary/aromatic N) is 1. The van der Waals surface area contributed by atoms with Crippen molar-refractivity contribution in [3.63, 3.8) is 0 Å². The van der Waals surface area contributed by atoms with Crippen molar-refractivity contribution in [3.05, 3.63) is 23.2 Å². The molecular weight excluding hydrogens is 220 g/mol. The van der Waals surface area contributed by atoms with Gasteiger partial charge in [-0.05, 0) is 31.7 Å². The Balaban J connectivity index is 1.96. The summed E-state index contributed by atoms with van der Waals surface area (Å²) < 4.78 is 5.72. The number of aryl methyl sites for hydroxylation is 1. The lowest BCUT2D eigenvalue weighted by Gasteiger charge is -2.17. The molecule has 0 aromatic carbocycles. The Labute approximate surface area is 101 Å². The van der Waals surface area contributed by atoms with Gasteiger partial charge in [-0.3, -0.25) is 4.90 Å². The van der Waals surface area contributed by atoms with E-state index in [2.05, 4.69) is 22.7 Å². The lowest BCUT2D eigenvalue weighted by molar-refractivity contribution is 0.260. The summed E-state index contributed by atoms with van der Waals surface area (Å²) in [4.78, 5) is 2.47. The van der Waals surface area contributed by atoms with E-state index in [1.807, 2.05) is 6.92 Å². The summed E-state index contributed by atoms with van der Waals surface area (Å²) in [6.45, 7) is 5.85. The van der Waals surface area contributed by atoms with E-state index in [4.69, 9.17) is 10.2 Å². The number of thioether (sulfide) groups is 1. The molecule has 0 aliphatic carbocycles. The Kier molecular flexibility index (Phi) is 4.32. The third-order valence-corrected chi connectivity index (χ3v) is 4.03. The van der Waals surface area contributed by atoms with E-state index in [9.17, 15) is 0 Å². The summed E-state index contributed by atoms with van der Waals surface area (Å²) in [5, 5.41) is 0. The molecule has 0 amide bonds. The lowest BCUT2D eigenvalue weighted by atomic mass is 10.2. The van der Waals surface area contributed by atoms with Crippen molar-refractivity contribution in [3.8, 4) is 0 Å². The lowest BCUT2D eigenvalue weighted by Crippen LogP contribution is -2.25. The second-order valence-electron chi connectivity index (χ2n) is 4.24. The third-order valence-electron chi connectivity index (χ3n) is 2.99. The topological polar surface area (TPSA) is 42.4 Å². The van der Waals surface area contributed by atoms with Gasteiger partial charge in [0.05, 0.1) is 6.54 Å². The van der Waals surface area contributed by atoms with E-state index in [0.717, 1.165) is 23.6 Å². The molecule has 16 heavy (non-hydrogen) atoms. The van der Waals surface area contributed by atoms with Crippen LogP contribution in [0.5, 0.6) is 0 Å². The molecule has 1 saturated heterocycles. The van der Waals surface area contributed by atoms with Gasteiger partial charge in [0.2, 0.25) is 0 Å². The van der Waals surface area contributed by atoms with Gasteiger partial charge in [-0.1, -0.05) is 0 Å². The van der Waals surface area contributed by atoms with Crippen LogP contribution in [-0.4, -0.2) is 29.5 Å². The number of hydrogen-bond donors (Lipinski definition) is 1. The molecule has 90 valence electrons. The molecule has 1 fully saturated rings. The Morgan fingerprint density at radius 3 is 3.06 bits per heavy atom. The van der Waals surface area contributed by atoms with Gasteiger partial charge in [0.1, 0.15) is 11.5 Å². The van der Waals surface area contributed by atoms with Crippen LogP contribution in [0.1, 0.15) is 23.5 Å². The van der Waals surface area contributed by atoms with E-state index in [1.165, 1.54) is 31.0 Å². The molecule has 0 radical (unpaired) electrons. The zero-order valence-corrected chi connectivity index (χ0v) is 10.7. The molecule has 1 aromatic heterocycles. The van der Waals surface area contributed by atoms with Crippen LogP contribution in [0, 0.1) is 6.92 Å². The van der Waals surface area contributed by atoms with Crippen LogP contribution < -0.4 is 5.73 Å². The zero-order valence-electron chi connectivity index (χ0n) is 9.87. The van der Waals surface area contributed by atoms with Crippen LogP contribution in [0.4, 0.5) is 0 Å². The molecule has 0 saturated carbocycles. The van der Waals surface area contributed by atoms with Crippen molar-refractivity contribution in [1.82, 2.24) is 4.90 Å². The highest BCUT2D eigenvalue weighted by Crippen LogP contribution is 2.18. The van der Waals surface area contributed by atoms with Crippen LogP contribution in [0.3, 0.4) is 0 Å². The van der Waals surface area contributed by atoms with Gasteiger partial charge in [-0.15, -0.1) is 0 Å². The maximum Gasteiger partial charge on any atom is 0.118 e. The van der Waals surface area contributed by atoms with Gasteiger partial charge < -0.3 is 10.2 Å². The van der Waals surface area contributed by atoms with Crippen molar-refractivity contribution in [2.75, 3.05) is 24.6 Å². The molecule has 1 aliphatic heterocycles. The SMILES string of the molecule is Cc1oc(CN2CCCSCC2)cc1CN. The molecule has 2 rings (SSSR count). The first kappa shape index (κ1) is 12.0. The van der Waals surface area contributed by atoms with E-state index >= 15 is 0 Å². The predicted octanol–water partition coefficient (Wildman–Crippen LogP) is 1.99. The highest BCUT2D eigenvalue weighted by atomic mass is 32.2. The maximum atomic E-state index is 5.72. The molecule has 2 N–H and O–H groups in total. The first-order chi connectivity index (χ1) is 7.79. The van der Waals surface area contributed by atoms with E-state index in [1.54, 1.807) is 0 Å². The van der Waals surface area contributed by atoms with Crippen LogP contribution in [0.25, 0.3) is 0 Å². The van der Waals surface area contributed by atoms with Crippen molar-refractivity contribution in [1.29, 1.82) is 0 Å². The molecule has 1 aromatic rings. The Hall–Kier alpha value is -0.450. The van der Waals surface area contributed by atoms with Crippen LogP contribution in [-0.2, 0) is 13.1 Å². The quantitative estimate of drug-likeness (QED) is 0.877. The van der Waals surface area contributed by atoms with Gasteiger partial charge in [0.25, 0.3) is 0 Å². The van der Waals surface area contributed by atoms with Gasteiger partial charge in [-0.25, -0.2) is 0 Å². The zero-order chi connectivity index (χ0) is 11.4. The summed E-state index contributed by atoms with van der Waals surface area (Å²) in [5.41, 5.74) is 6.78. The number of furan rings is 1. The highest BCUT2D eigenvalue weighted by Gasteiger charge is 2.13. The highest BCUT2D eigenvalue weighted by molar-refractivity contribution is 7.99. The normalized spacial score (nSPS) is 18.6. The second-order valence-corrected chi connectivity index (χ2v) is 5.47. The fourth-order valence-corrected chi connectivity index (χ4v) is 2.97. The number of nitrogens with two attached hydrogens (primary N) is 1. The largest absolute Gasteiger partial charge is 0.465 e. The van der Waals surface area contributed by atoms with E-state index in [-0.39, 0.29) is 0 Å². The third kappa shape index (κ3) is 3.03.